The second-order valence-electron chi connectivity index (χ2n) is 8.76. The van der Waals surface area contributed by atoms with Gasteiger partial charge in [0.2, 0.25) is 0 Å². The van der Waals surface area contributed by atoms with Crippen LogP contribution in [0, 0.1) is 0 Å². The van der Waals surface area contributed by atoms with Gasteiger partial charge in [-0.25, -0.2) is 9.59 Å². The van der Waals surface area contributed by atoms with Gasteiger partial charge in [-0.15, -0.1) is 0 Å². The van der Waals surface area contributed by atoms with Crippen molar-refractivity contribution in [2.45, 2.75) is 13.0 Å². The smallest absolute Gasteiger partial charge is 0.338 e. The number of hydrogen-bond acceptors (Lipinski definition) is 5. The Hall–Kier alpha value is -2.78. The van der Waals surface area contributed by atoms with Crippen LogP contribution in [0.2, 0.25) is 15.1 Å². The zero-order chi connectivity index (χ0) is 26.7. The molecule has 8 nitrogen and oxygen atoms in total. The predicted octanol–water partition coefficient (Wildman–Crippen LogP) is 4.62. The molecular formula is C26H27Cl3N4O4. The van der Waals surface area contributed by atoms with Crippen molar-refractivity contribution < 1.29 is 19.1 Å². The molecule has 0 bridgehead atoms. The van der Waals surface area contributed by atoms with Gasteiger partial charge in [0.05, 0.1) is 18.2 Å². The fraction of sp³-hybridized carbons (Fsp3) is 0.346. The van der Waals surface area contributed by atoms with Gasteiger partial charge in [0, 0.05) is 66.1 Å². The van der Waals surface area contributed by atoms with Crippen LogP contribution in [0.1, 0.15) is 28.9 Å². The number of nitrogens with zero attached hydrogens (tertiary/aromatic N) is 3. The topological polar surface area (TPSA) is 82.2 Å². The lowest BCUT2D eigenvalue weighted by Crippen LogP contribution is -2.53. The van der Waals surface area contributed by atoms with Crippen molar-refractivity contribution in [1.82, 2.24) is 20.0 Å². The zero-order valence-electron chi connectivity index (χ0n) is 20.5. The standard InChI is InChI=1S/C26H27Cl3N4O4/c1-3-37-25(35)22-21(31(2)26(36)30-23(22)19-9-8-18(28)14-20(19)29)15-32-10-12-33(13-11-32)24(34)16-4-6-17(27)7-5-16/h4-9,14,23H,3,10-13,15H2,1-2H3,(H,30,36)/t23-/m1/s1. The van der Waals surface area contributed by atoms with Crippen LogP contribution in [-0.2, 0) is 9.53 Å². The van der Waals surface area contributed by atoms with E-state index < -0.39 is 12.0 Å². The summed E-state index contributed by atoms with van der Waals surface area (Å²) in [5.74, 6) is -0.591. The number of halogens is 3. The van der Waals surface area contributed by atoms with Crippen LogP contribution in [0.3, 0.4) is 0 Å². The Balaban J connectivity index is 1.58. The molecule has 11 heteroatoms. The number of rotatable bonds is 6. The lowest BCUT2D eigenvalue weighted by Gasteiger charge is -2.39. The molecular weight excluding hydrogens is 539 g/mol. The highest BCUT2D eigenvalue weighted by Crippen LogP contribution is 2.36. The van der Waals surface area contributed by atoms with E-state index >= 15 is 0 Å². The lowest BCUT2D eigenvalue weighted by molar-refractivity contribution is -0.139. The van der Waals surface area contributed by atoms with E-state index in [1.807, 2.05) is 0 Å². The summed E-state index contributed by atoms with van der Waals surface area (Å²) in [6.07, 6.45) is 0. The largest absolute Gasteiger partial charge is 0.463 e. The first-order valence-corrected chi connectivity index (χ1v) is 13.0. The lowest BCUT2D eigenvalue weighted by atomic mass is 9.94. The minimum atomic E-state index is -0.796. The summed E-state index contributed by atoms with van der Waals surface area (Å²) in [6.45, 7) is 4.38. The number of urea groups is 1. The van der Waals surface area contributed by atoms with E-state index in [4.69, 9.17) is 39.5 Å². The molecule has 196 valence electrons. The van der Waals surface area contributed by atoms with E-state index in [1.54, 1.807) is 61.3 Å². The van der Waals surface area contributed by atoms with Crippen LogP contribution in [-0.4, -0.2) is 79.0 Å². The van der Waals surface area contributed by atoms with Crippen molar-refractivity contribution >= 4 is 52.7 Å². The molecule has 3 amide bonds. The summed E-state index contributed by atoms with van der Waals surface area (Å²) in [6, 6.07) is 10.6. The molecule has 2 aliphatic rings. The number of benzene rings is 2. The van der Waals surface area contributed by atoms with Crippen LogP contribution < -0.4 is 5.32 Å². The number of carbonyl (C=O) groups excluding carboxylic acids is 3. The van der Waals surface area contributed by atoms with Gasteiger partial charge in [-0.2, -0.15) is 0 Å². The third-order valence-corrected chi connectivity index (χ3v) is 7.28. The van der Waals surface area contributed by atoms with E-state index in [-0.39, 0.29) is 18.5 Å². The van der Waals surface area contributed by atoms with Crippen molar-refractivity contribution in [3.05, 3.63) is 79.9 Å². The van der Waals surface area contributed by atoms with Crippen LogP contribution in [0.5, 0.6) is 0 Å². The van der Waals surface area contributed by atoms with Crippen molar-refractivity contribution in [2.24, 2.45) is 0 Å². The number of hydrogen-bond donors (Lipinski definition) is 1. The van der Waals surface area contributed by atoms with Gasteiger partial charge < -0.3 is 15.0 Å². The fourth-order valence-corrected chi connectivity index (χ4v) is 5.11. The van der Waals surface area contributed by atoms with E-state index in [9.17, 15) is 14.4 Å². The Bertz CT molecular complexity index is 1230. The molecule has 2 aromatic rings. The summed E-state index contributed by atoms with van der Waals surface area (Å²) in [5, 5.41) is 4.21. The molecule has 1 saturated heterocycles. The molecule has 2 aliphatic heterocycles. The Morgan fingerprint density at radius 2 is 1.65 bits per heavy atom. The minimum Gasteiger partial charge on any atom is -0.463 e. The maximum atomic E-state index is 13.2. The average Bonchev–Trinajstić information content (AvgIpc) is 2.87. The van der Waals surface area contributed by atoms with Gasteiger partial charge in [-0.1, -0.05) is 40.9 Å². The van der Waals surface area contributed by atoms with Crippen molar-refractivity contribution in [3.63, 3.8) is 0 Å². The third-order valence-electron chi connectivity index (χ3n) is 6.47. The van der Waals surface area contributed by atoms with Crippen molar-refractivity contribution in [3.8, 4) is 0 Å². The highest BCUT2D eigenvalue weighted by atomic mass is 35.5. The highest BCUT2D eigenvalue weighted by Gasteiger charge is 2.38. The maximum Gasteiger partial charge on any atom is 0.338 e. The number of piperazine rings is 1. The molecule has 0 spiro atoms. The zero-order valence-corrected chi connectivity index (χ0v) is 22.7. The van der Waals surface area contributed by atoms with Gasteiger partial charge in [-0.05, 0) is 48.9 Å². The average molecular weight is 566 g/mol. The van der Waals surface area contributed by atoms with Gasteiger partial charge >= 0.3 is 12.0 Å². The minimum absolute atomic E-state index is 0.0608. The fourth-order valence-electron chi connectivity index (χ4n) is 4.46. The van der Waals surface area contributed by atoms with Crippen molar-refractivity contribution in [2.75, 3.05) is 46.4 Å². The van der Waals surface area contributed by atoms with E-state index in [0.717, 1.165) is 0 Å². The van der Waals surface area contributed by atoms with Gasteiger partial charge in [-0.3, -0.25) is 14.6 Å². The monoisotopic (exact) mass is 564 g/mol. The second kappa shape index (κ2) is 11.7. The molecule has 2 heterocycles. The summed E-state index contributed by atoms with van der Waals surface area (Å²) in [5.41, 5.74) is 1.96. The first-order valence-electron chi connectivity index (χ1n) is 11.9. The van der Waals surface area contributed by atoms with Gasteiger partial charge in [0.1, 0.15) is 0 Å². The number of likely N-dealkylation sites (N-methyl/N-ethyl adjacent to an activating group) is 1. The highest BCUT2D eigenvalue weighted by molar-refractivity contribution is 6.35. The van der Waals surface area contributed by atoms with E-state index in [0.29, 0.717) is 70.2 Å². The van der Waals surface area contributed by atoms with Crippen LogP contribution >= 0.6 is 34.8 Å². The number of esters is 1. The molecule has 0 aliphatic carbocycles. The molecule has 1 fully saturated rings. The number of nitrogens with one attached hydrogen (secondary N) is 1. The summed E-state index contributed by atoms with van der Waals surface area (Å²) < 4.78 is 5.38. The van der Waals surface area contributed by atoms with Gasteiger partial charge in [0.25, 0.3) is 5.91 Å². The molecule has 0 unspecified atom stereocenters. The van der Waals surface area contributed by atoms with Gasteiger partial charge in [0.15, 0.2) is 0 Å². The summed E-state index contributed by atoms with van der Waals surface area (Å²) in [4.78, 5) is 44.3. The third kappa shape index (κ3) is 6.04. The van der Waals surface area contributed by atoms with E-state index in [1.165, 1.54) is 4.90 Å². The molecule has 37 heavy (non-hydrogen) atoms. The number of ether oxygens (including phenoxy) is 1. The first-order chi connectivity index (χ1) is 17.7. The SMILES string of the molecule is CCOC(=O)C1=C(CN2CCN(C(=O)c3ccc(Cl)cc3)CC2)N(C)C(=O)N[C@@H]1c1ccc(Cl)cc1Cl. The predicted molar refractivity (Wildman–Crippen MR) is 143 cm³/mol. The Morgan fingerprint density at radius 3 is 2.27 bits per heavy atom. The maximum absolute atomic E-state index is 13.2. The molecule has 1 N–H and O–H groups in total. The Labute approximate surface area is 230 Å². The summed E-state index contributed by atoms with van der Waals surface area (Å²) in [7, 11) is 1.61. The second-order valence-corrected chi connectivity index (χ2v) is 10.0. The Kier molecular flexibility index (Phi) is 8.64. The first kappa shape index (κ1) is 27.3. The number of carbonyl (C=O) groups is 3. The van der Waals surface area contributed by atoms with E-state index in [2.05, 4.69) is 10.2 Å². The van der Waals surface area contributed by atoms with Crippen LogP contribution in [0.4, 0.5) is 4.79 Å². The molecule has 1 atom stereocenters. The van der Waals surface area contributed by atoms with Crippen molar-refractivity contribution in [1.29, 1.82) is 0 Å². The summed E-state index contributed by atoms with van der Waals surface area (Å²) >= 11 is 18.5. The molecule has 4 rings (SSSR count). The van der Waals surface area contributed by atoms with Crippen LogP contribution in [0.25, 0.3) is 0 Å². The number of amides is 3. The molecule has 2 aromatic carbocycles. The molecule has 0 radical (unpaired) electrons. The van der Waals surface area contributed by atoms with Crippen LogP contribution in [0.15, 0.2) is 53.7 Å². The Morgan fingerprint density at radius 1 is 1.00 bits per heavy atom. The quantitative estimate of drug-likeness (QED) is 0.517. The molecule has 0 saturated carbocycles. The normalized spacial score (nSPS) is 18.6. The molecule has 0 aromatic heterocycles.